The highest BCUT2D eigenvalue weighted by molar-refractivity contribution is 5.91. The third-order valence-corrected chi connectivity index (χ3v) is 3.07. The van der Waals surface area contributed by atoms with Crippen LogP contribution in [0.3, 0.4) is 0 Å². The zero-order valence-corrected chi connectivity index (χ0v) is 12.3. The fraction of sp³-hybridized carbons (Fsp3) is 0.235. The second-order valence-corrected chi connectivity index (χ2v) is 5.03. The van der Waals surface area contributed by atoms with Gasteiger partial charge in [0.25, 0.3) is 5.91 Å². The van der Waals surface area contributed by atoms with Gasteiger partial charge in [-0.3, -0.25) is 4.79 Å². The van der Waals surface area contributed by atoms with Crippen molar-refractivity contribution in [1.82, 2.24) is 0 Å². The van der Waals surface area contributed by atoms with Gasteiger partial charge in [-0.25, -0.2) is 0 Å². The fourth-order valence-electron chi connectivity index (χ4n) is 2.02. The van der Waals surface area contributed by atoms with Crippen LogP contribution in [-0.2, 0) is 4.79 Å². The summed E-state index contributed by atoms with van der Waals surface area (Å²) in [5.74, 6) is 0.455. The maximum absolute atomic E-state index is 11.9. The van der Waals surface area contributed by atoms with Gasteiger partial charge in [-0.15, -0.1) is 0 Å². The first kappa shape index (κ1) is 15.1. The molecular formula is C17H20N2O2. The van der Waals surface area contributed by atoms with E-state index in [-0.39, 0.29) is 18.6 Å². The van der Waals surface area contributed by atoms with Crippen LogP contribution in [0.15, 0.2) is 48.5 Å². The van der Waals surface area contributed by atoms with E-state index in [4.69, 9.17) is 10.5 Å². The third-order valence-electron chi connectivity index (χ3n) is 3.07. The van der Waals surface area contributed by atoms with E-state index in [1.165, 1.54) is 0 Å². The monoisotopic (exact) mass is 284 g/mol. The molecule has 0 saturated heterocycles. The van der Waals surface area contributed by atoms with Crippen LogP contribution in [0.25, 0.3) is 0 Å². The van der Waals surface area contributed by atoms with Gasteiger partial charge in [0.2, 0.25) is 0 Å². The zero-order valence-electron chi connectivity index (χ0n) is 12.3. The maximum Gasteiger partial charge on any atom is 0.262 e. The second kappa shape index (κ2) is 6.90. The molecule has 4 heteroatoms. The minimum Gasteiger partial charge on any atom is -0.483 e. The topological polar surface area (TPSA) is 64.3 Å². The van der Waals surface area contributed by atoms with E-state index in [0.29, 0.717) is 5.75 Å². The average molecular weight is 284 g/mol. The first-order valence-electron chi connectivity index (χ1n) is 6.90. The average Bonchev–Trinajstić information content (AvgIpc) is 2.47. The van der Waals surface area contributed by atoms with E-state index in [1.54, 1.807) is 0 Å². The summed E-state index contributed by atoms with van der Waals surface area (Å²) in [6.45, 7) is 3.85. The summed E-state index contributed by atoms with van der Waals surface area (Å²) in [6, 6.07) is 14.9. The van der Waals surface area contributed by atoms with Crippen molar-refractivity contribution in [2.45, 2.75) is 19.9 Å². The Morgan fingerprint density at radius 1 is 1.24 bits per heavy atom. The molecule has 0 heterocycles. The number of carbonyl (C=O) groups is 1. The lowest BCUT2D eigenvalue weighted by Gasteiger charge is -2.14. The molecule has 0 aliphatic heterocycles. The Morgan fingerprint density at radius 3 is 2.62 bits per heavy atom. The molecule has 0 aliphatic carbocycles. The molecule has 2 rings (SSSR count). The molecule has 1 amide bonds. The van der Waals surface area contributed by atoms with E-state index < -0.39 is 0 Å². The normalized spacial score (nSPS) is 11.8. The molecule has 0 fully saturated rings. The summed E-state index contributed by atoms with van der Waals surface area (Å²) >= 11 is 0. The molecule has 0 aromatic heterocycles. The van der Waals surface area contributed by atoms with Crippen molar-refractivity contribution in [3.8, 4) is 5.75 Å². The van der Waals surface area contributed by atoms with Crippen LogP contribution in [-0.4, -0.2) is 12.5 Å². The first-order valence-corrected chi connectivity index (χ1v) is 6.90. The van der Waals surface area contributed by atoms with Gasteiger partial charge in [0.1, 0.15) is 5.75 Å². The van der Waals surface area contributed by atoms with Gasteiger partial charge in [0.15, 0.2) is 6.61 Å². The SMILES string of the molecule is Cc1ccc(OCC(=O)Nc2ccccc2)c([C@@H](C)N)c1. The Hall–Kier alpha value is -2.33. The van der Waals surface area contributed by atoms with Gasteiger partial charge in [0, 0.05) is 17.3 Å². The molecule has 1 atom stereocenters. The van der Waals surface area contributed by atoms with Crippen LogP contribution >= 0.6 is 0 Å². The Bertz CT molecular complexity index is 609. The highest BCUT2D eigenvalue weighted by Crippen LogP contribution is 2.25. The Labute approximate surface area is 124 Å². The Kier molecular flexibility index (Phi) is 4.95. The molecule has 0 radical (unpaired) electrons. The summed E-state index contributed by atoms with van der Waals surface area (Å²) in [6.07, 6.45) is 0. The summed E-state index contributed by atoms with van der Waals surface area (Å²) in [7, 11) is 0. The molecule has 0 saturated carbocycles. The van der Waals surface area contributed by atoms with Gasteiger partial charge in [-0.2, -0.15) is 0 Å². The van der Waals surface area contributed by atoms with Crippen LogP contribution in [0.2, 0.25) is 0 Å². The zero-order chi connectivity index (χ0) is 15.2. The van der Waals surface area contributed by atoms with Crippen LogP contribution in [0.4, 0.5) is 5.69 Å². The number of anilines is 1. The number of rotatable bonds is 5. The molecule has 0 aliphatic rings. The summed E-state index contributed by atoms with van der Waals surface area (Å²) < 4.78 is 5.60. The van der Waals surface area contributed by atoms with Gasteiger partial charge in [-0.05, 0) is 32.0 Å². The molecule has 0 spiro atoms. The van der Waals surface area contributed by atoms with Crippen LogP contribution in [0, 0.1) is 6.92 Å². The maximum atomic E-state index is 11.9. The van der Waals surface area contributed by atoms with Crippen molar-refractivity contribution < 1.29 is 9.53 Å². The third kappa shape index (κ3) is 4.33. The van der Waals surface area contributed by atoms with E-state index >= 15 is 0 Å². The molecule has 2 aromatic rings. The van der Waals surface area contributed by atoms with E-state index in [2.05, 4.69) is 5.32 Å². The lowest BCUT2D eigenvalue weighted by atomic mass is 10.1. The van der Waals surface area contributed by atoms with Crippen molar-refractivity contribution >= 4 is 11.6 Å². The molecule has 0 unspecified atom stereocenters. The minimum absolute atomic E-state index is 0.0440. The van der Waals surface area contributed by atoms with E-state index in [0.717, 1.165) is 16.8 Å². The number of amides is 1. The number of nitrogens with one attached hydrogen (secondary N) is 1. The van der Waals surface area contributed by atoms with Crippen molar-refractivity contribution in [3.63, 3.8) is 0 Å². The predicted molar refractivity (Wildman–Crippen MR) is 84.3 cm³/mol. The highest BCUT2D eigenvalue weighted by atomic mass is 16.5. The molecule has 4 nitrogen and oxygen atoms in total. The molecule has 3 N–H and O–H groups in total. The number of carbonyl (C=O) groups excluding carboxylic acids is 1. The molecular weight excluding hydrogens is 264 g/mol. The second-order valence-electron chi connectivity index (χ2n) is 5.03. The number of ether oxygens (including phenoxy) is 1. The Balaban J connectivity index is 1.98. The lowest BCUT2D eigenvalue weighted by molar-refractivity contribution is -0.118. The minimum atomic E-state index is -0.197. The summed E-state index contributed by atoms with van der Waals surface area (Å²) in [5, 5.41) is 2.78. The number of hydrogen-bond acceptors (Lipinski definition) is 3. The van der Waals surface area contributed by atoms with Gasteiger partial charge < -0.3 is 15.8 Å². The van der Waals surface area contributed by atoms with Crippen molar-refractivity contribution in [3.05, 3.63) is 59.7 Å². The number of para-hydroxylation sites is 1. The summed E-state index contributed by atoms with van der Waals surface area (Å²) in [5.41, 5.74) is 8.70. The van der Waals surface area contributed by atoms with Crippen LogP contribution < -0.4 is 15.8 Å². The van der Waals surface area contributed by atoms with Gasteiger partial charge in [0.05, 0.1) is 0 Å². The predicted octanol–water partition coefficient (Wildman–Crippen LogP) is 3.03. The molecule has 0 bridgehead atoms. The quantitative estimate of drug-likeness (QED) is 0.887. The van der Waals surface area contributed by atoms with E-state index in [1.807, 2.05) is 62.4 Å². The van der Waals surface area contributed by atoms with E-state index in [9.17, 15) is 4.79 Å². The largest absolute Gasteiger partial charge is 0.483 e. The van der Waals surface area contributed by atoms with Crippen LogP contribution in [0.1, 0.15) is 24.1 Å². The fourth-order valence-corrected chi connectivity index (χ4v) is 2.02. The highest BCUT2D eigenvalue weighted by Gasteiger charge is 2.10. The smallest absolute Gasteiger partial charge is 0.262 e. The summed E-state index contributed by atoms with van der Waals surface area (Å²) in [4.78, 5) is 11.9. The standard InChI is InChI=1S/C17H20N2O2/c1-12-8-9-16(15(10-12)13(2)18)21-11-17(20)19-14-6-4-3-5-7-14/h3-10,13H,11,18H2,1-2H3,(H,19,20)/t13-/m1/s1. The Morgan fingerprint density at radius 2 is 1.95 bits per heavy atom. The van der Waals surface area contributed by atoms with Crippen molar-refractivity contribution in [1.29, 1.82) is 0 Å². The number of nitrogens with two attached hydrogens (primary N) is 1. The van der Waals surface area contributed by atoms with Gasteiger partial charge >= 0.3 is 0 Å². The number of hydrogen-bond donors (Lipinski definition) is 2. The lowest BCUT2D eigenvalue weighted by Crippen LogP contribution is -2.21. The van der Waals surface area contributed by atoms with Crippen molar-refractivity contribution in [2.75, 3.05) is 11.9 Å². The number of benzene rings is 2. The molecule has 110 valence electrons. The first-order chi connectivity index (χ1) is 10.1. The van der Waals surface area contributed by atoms with Crippen LogP contribution in [0.5, 0.6) is 5.75 Å². The molecule has 2 aromatic carbocycles. The van der Waals surface area contributed by atoms with Crippen molar-refractivity contribution in [2.24, 2.45) is 5.73 Å². The number of aryl methyl sites for hydroxylation is 1. The van der Waals surface area contributed by atoms with Gasteiger partial charge in [-0.1, -0.05) is 35.9 Å². The molecule has 21 heavy (non-hydrogen) atoms.